The van der Waals surface area contributed by atoms with E-state index in [2.05, 4.69) is 40.1 Å². The van der Waals surface area contributed by atoms with Gasteiger partial charge in [-0.15, -0.1) is 22.7 Å². The maximum atomic E-state index is 14.9. The van der Waals surface area contributed by atoms with E-state index < -0.39 is 11.6 Å². The Morgan fingerprint density at radius 2 is 2.13 bits per heavy atom. The number of piperidine rings is 1. The minimum atomic E-state index is -0.661. The van der Waals surface area contributed by atoms with Gasteiger partial charge in [0.25, 0.3) is 0 Å². The van der Waals surface area contributed by atoms with Gasteiger partial charge in [-0.1, -0.05) is 6.92 Å². The smallest absolute Gasteiger partial charge is 0.176 e. The average Bonchev–Trinajstić information content (AvgIpc) is 3.38. The molecule has 1 aliphatic heterocycles. The second kappa shape index (κ2) is 7.83. The van der Waals surface area contributed by atoms with Crippen LogP contribution in [0.15, 0.2) is 29.9 Å². The molecule has 1 aliphatic rings. The number of halogens is 2. The Balaban J connectivity index is 1.54. The third-order valence-electron chi connectivity index (χ3n) is 6.12. The molecule has 4 heterocycles. The van der Waals surface area contributed by atoms with Crippen LogP contribution in [0.2, 0.25) is 0 Å². The summed E-state index contributed by atoms with van der Waals surface area (Å²) in [4.78, 5) is 13.2. The summed E-state index contributed by atoms with van der Waals surface area (Å²) in [5.41, 5.74) is 2.20. The van der Waals surface area contributed by atoms with Crippen molar-refractivity contribution < 1.29 is 8.78 Å². The first kappa shape index (κ1) is 19.8. The van der Waals surface area contributed by atoms with Crippen molar-refractivity contribution in [3.8, 4) is 0 Å². The van der Waals surface area contributed by atoms with Crippen LogP contribution in [0.5, 0.6) is 0 Å². The Morgan fingerprint density at radius 3 is 2.97 bits per heavy atom. The van der Waals surface area contributed by atoms with Crippen molar-refractivity contribution in [2.75, 3.05) is 18.4 Å². The van der Waals surface area contributed by atoms with E-state index in [-0.39, 0.29) is 11.2 Å². The highest BCUT2D eigenvalue weighted by Crippen LogP contribution is 2.41. The molecule has 0 saturated carbocycles. The van der Waals surface area contributed by atoms with Crippen LogP contribution in [-0.2, 0) is 0 Å². The maximum absolute atomic E-state index is 14.9. The van der Waals surface area contributed by atoms with Gasteiger partial charge in [-0.3, -0.25) is 0 Å². The fraction of sp³-hybridized carbons (Fsp3) is 0.364. The maximum Gasteiger partial charge on any atom is 0.176 e. The zero-order valence-corrected chi connectivity index (χ0v) is 18.4. The Bertz CT molecular complexity index is 1220. The number of anilines is 2. The first-order valence-corrected chi connectivity index (χ1v) is 11.9. The molecule has 156 valence electrons. The van der Waals surface area contributed by atoms with Crippen LogP contribution in [0, 0.1) is 11.6 Å². The van der Waals surface area contributed by atoms with Crippen LogP contribution in [0.1, 0.15) is 37.5 Å². The van der Waals surface area contributed by atoms with Gasteiger partial charge in [0, 0.05) is 28.4 Å². The highest BCUT2D eigenvalue weighted by Gasteiger charge is 2.29. The third-order valence-corrected chi connectivity index (χ3v) is 8.07. The number of hydrogen-bond donors (Lipinski definition) is 1. The Labute approximate surface area is 181 Å². The number of fused-ring (bicyclic) bond motifs is 2. The lowest BCUT2D eigenvalue weighted by molar-refractivity contribution is 0.148. The largest absolute Gasteiger partial charge is 0.350 e. The molecule has 0 radical (unpaired) electrons. The van der Waals surface area contributed by atoms with Gasteiger partial charge in [-0.2, -0.15) is 0 Å². The molecule has 1 fully saturated rings. The molecule has 3 aromatic heterocycles. The van der Waals surface area contributed by atoms with Gasteiger partial charge in [0.05, 0.1) is 15.9 Å². The number of nitrogens with zero attached hydrogens (tertiary/aromatic N) is 3. The molecule has 0 amide bonds. The number of benzene rings is 1. The molecule has 8 heteroatoms. The fourth-order valence-electron chi connectivity index (χ4n) is 4.47. The summed E-state index contributed by atoms with van der Waals surface area (Å²) in [5.74, 6) is -0.833. The monoisotopic (exact) mass is 444 g/mol. The van der Waals surface area contributed by atoms with Crippen LogP contribution >= 0.6 is 22.7 Å². The number of rotatable bonds is 4. The van der Waals surface area contributed by atoms with Crippen LogP contribution < -0.4 is 5.32 Å². The van der Waals surface area contributed by atoms with E-state index in [9.17, 15) is 8.78 Å². The van der Waals surface area contributed by atoms with E-state index in [1.54, 1.807) is 23.6 Å². The highest BCUT2D eigenvalue weighted by atomic mass is 32.1. The Morgan fingerprint density at radius 1 is 1.27 bits per heavy atom. The molecule has 30 heavy (non-hydrogen) atoms. The van der Waals surface area contributed by atoms with Gasteiger partial charge in [0.2, 0.25) is 0 Å². The number of thiazole rings is 1. The van der Waals surface area contributed by atoms with E-state index in [4.69, 9.17) is 0 Å². The summed E-state index contributed by atoms with van der Waals surface area (Å²) < 4.78 is 30.0. The van der Waals surface area contributed by atoms with Crippen LogP contribution in [-0.4, -0.2) is 34.0 Å². The Hall–Kier alpha value is -2.16. The van der Waals surface area contributed by atoms with Crippen molar-refractivity contribution in [3.63, 3.8) is 0 Å². The fourth-order valence-corrected chi connectivity index (χ4v) is 6.43. The summed E-state index contributed by atoms with van der Waals surface area (Å²) in [7, 11) is 0. The molecule has 1 aromatic carbocycles. The van der Waals surface area contributed by atoms with Crippen LogP contribution in [0.4, 0.5) is 20.2 Å². The molecule has 1 saturated heterocycles. The molecule has 0 spiro atoms. The number of hydrogen-bond acceptors (Lipinski definition) is 6. The number of likely N-dealkylation sites (tertiary alicyclic amines) is 1. The molecular formula is C22H22F2N4S2. The van der Waals surface area contributed by atoms with Crippen LogP contribution in [0.3, 0.4) is 0 Å². The molecular weight excluding hydrogens is 422 g/mol. The normalized spacial score (nSPS) is 20.3. The van der Waals surface area contributed by atoms with Gasteiger partial charge in [0.1, 0.15) is 16.0 Å². The van der Waals surface area contributed by atoms with Crippen molar-refractivity contribution in [2.24, 2.45) is 0 Å². The molecule has 0 bridgehead atoms. The van der Waals surface area contributed by atoms with Gasteiger partial charge >= 0.3 is 0 Å². The van der Waals surface area contributed by atoms with Crippen LogP contribution in [0.25, 0.3) is 20.4 Å². The second-order valence-corrected chi connectivity index (χ2v) is 9.66. The summed E-state index contributed by atoms with van der Waals surface area (Å²) in [6, 6.07) is 5.72. The highest BCUT2D eigenvalue weighted by molar-refractivity contribution is 7.18. The number of aromatic nitrogens is 2. The topological polar surface area (TPSA) is 41.0 Å². The zero-order valence-electron chi connectivity index (χ0n) is 16.8. The molecule has 2 atom stereocenters. The molecule has 4 aromatic rings. The SMILES string of the molecule is CCN1CCC[C@H](c2cc3c(Nc4c(F)cc5scnc5c4F)ccnc3s2)[C@H]1C. The number of pyridine rings is 1. The minimum Gasteiger partial charge on any atom is -0.350 e. The van der Waals surface area contributed by atoms with Crippen molar-refractivity contribution in [2.45, 2.75) is 38.6 Å². The third kappa shape index (κ3) is 3.27. The van der Waals surface area contributed by atoms with Gasteiger partial charge < -0.3 is 10.2 Å². The molecule has 1 N–H and O–H groups in total. The first-order chi connectivity index (χ1) is 14.6. The van der Waals surface area contributed by atoms with E-state index in [1.165, 1.54) is 34.2 Å². The quantitative estimate of drug-likeness (QED) is 0.389. The van der Waals surface area contributed by atoms with Gasteiger partial charge in [-0.25, -0.2) is 18.7 Å². The first-order valence-electron chi connectivity index (χ1n) is 10.2. The number of nitrogens with one attached hydrogen (secondary N) is 1. The van der Waals surface area contributed by atoms with E-state index in [0.29, 0.717) is 22.3 Å². The Kier molecular flexibility index (Phi) is 5.16. The van der Waals surface area contributed by atoms with E-state index >= 15 is 0 Å². The molecule has 5 rings (SSSR count). The number of thiophene rings is 1. The summed E-state index contributed by atoms with van der Waals surface area (Å²) in [6.45, 7) is 6.68. The van der Waals surface area contributed by atoms with Crippen molar-refractivity contribution >= 4 is 54.5 Å². The predicted octanol–water partition coefficient (Wildman–Crippen LogP) is 6.52. The lowest BCUT2D eigenvalue weighted by Gasteiger charge is -2.38. The molecule has 0 aliphatic carbocycles. The van der Waals surface area contributed by atoms with E-state index in [0.717, 1.165) is 29.7 Å². The summed E-state index contributed by atoms with van der Waals surface area (Å²) in [5, 5.41) is 3.88. The number of likely N-dealkylation sites (N-methyl/N-ethyl adjacent to an activating group) is 1. The van der Waals surface area contributed by atoms with Crippen molar-refractivity contribution in [1.82, 2.24) is 14.9 Å². The predicted molar refractivity (Wildman–Crippen MR) is 121 cm³/mol. The lowest BCUT2D eigenvalue weighted by Crippen LogP contribution is -2.41. The van der Waals surface area contributed by atoms with Crippen molar-refractivity contribution in [1.29, 1.82) is 0 Å². The summed E-state index contributed by atoms with van der Waals surface area (Å²) in [6.07, 6.45) is 4.02. The molecule has 0 unspecified atom stereocenters. The molecule has 4 nitrogen and oxygen atoms in total. The second-order valence-electron chi connectivity index (χ2n) is 7.72. The minimum absolute atomic E-state index is 0.170. The van der Waals surface area contributed by atoms with Crippen molar-refractivity contribution in [3.05, 3.63) is 46.4 Å². The summed E-state index contributed by atoms with van der Waals surface area (Å²) >= 11 is 2.90. The average molecular weight is 445 g/mol. The van der Waals surface area contributed by atoms with Gasteiger partial charge in [-0.05, 0) is 51.1 Å². The lowest BCUT2D eigenvalue weighted by atomic mass is 9.89. The zero-order chi connectivity index (χ0) is 20.8. The van der Waals surface area contributed by atoms with E-state index in [1.807, 2.05) is 0 Å². The standard InChI is InChI=1S/C22H22F2N4S2/c1-3-28-8-4-5-13(12(28)2)17-9-14-16(6-7-25-22(14)30-17)27-20-15(23)10-18-21(19(20)24)26-11-29-18/h6-7,9-13H,3-5,8H2,1-2H3,(H,25,27)/t12-,13+/m1/s1. The van der Waals surface area contributed by atoms with Gasteiger partial charge in [0.15, 0.2) is 11.6 Å².